The summed E-state index contributed by atoms with van der Waals surface area (Å²) in [7, 11) is 0. The average molecular weight is 479 g/mol. The number of ether oxygens (including phenoxy) is 1. The van der Waals surface area contributed by atoms with E-state index in [9.17, 15) is 13.6 Å². The lowest BCUT2D eigenvalue weighted by Crippen LogP contribution is -2.41. The monoisotopic (exact) mass is 478 g/mol. The molecule has 2 aliphatic heterocycles. The van der Waals surface area contributed by atoms with Gasteiger partial charge in [0.15, 0.2) is 0 Å². The van der Waals surface area contributed by atoms with Crippen LogP contribution in [0, 0.1) is 0 Å². The molecule has 0 N–H and O–H groups in total. The molecule has 30 heavy (non-hydrogen) atoms. The second kappa shape index (κ2) is 9.43. The number of nitrogens with zero attached hydrogens (tertiary/aromatic N) is 2. The molecule has 2 aromatic rings. The Hall–Kier alpha value is -1.99. The molecule has 160 valence electrons. The molecule has 1 saturated heterocycles. The summed E-state index contributed by atoms with van der Waals surface area (Å²) in [5.41, 5.74) is 3.42. The number of benzene rings is 2. The van der Waals surface area contributed by atoms with E-state index in [-0.39, 0.29) is 18.1 Å². The van der Waals surface area contributed by atoms with Crippen LogP contribution in [0.25, 0.3) is 0 Å². The number of fused-ring (bicyclic) bond motifs is 1. The Morgan fingerprint density at radius 1 is 1.17 bits per heavy atom. The number of carbonyl (C=O) groups is 1. The fourth-order valence-electron chi connectivity index (χ4n) is 4.45. The van der Waals surface area contributed by atoms with Crippen molar-refractivity contribution in [2.75, 3.05) is 19.6 Å². The number of halogens is 3. The smallest absolute Gasteiger partial charge is 0.387 e. The van der Waals surface area contributed by atoms with Crippen LogP contribution in [-0.4, -0.2) is 48.0 Å². The molecule has 0 aromatic heterocycles. The van der Waals surface area contributed by atoms with Crippen molar-refractivity contribution in [1.82, 2.24) is 9.80 Å². The SMILES string of the molecule is O=C(CCc1cc(Br)ccc1OC(F)F)N1CCC(N2CCc3ccccc3C2)C1. The van der Waals surface area contributed by atoms with Gasteiger partial charge in [-0.2, -0.15) is 8.78 Å². The van der Waals surface area contributed by atoms with E-state index in [0.29, 0.717) is 18.0 Å². The van der Waals surface area contributed by atoms with Crippen LogP contribution in [-0.2, 0) is 24.2 Å². The molecular weight excluding hydrogens is 454 g/mol. The Morgan fingerprint density at radius 2 is 1.97 bits per heavy atom. The van der Waals surface area contributed by atoms with Gasteiger partial charge in [0, 0.05) is 43.1 Å². The van der Waals surface area contributed by atoms with Crippen LogP contribution in [0.2, 0.25) is 0 Å². The van der Waals surface area contributed by atoms with Crippen molar-refractivity contribution in [3.8, 4) is 5.75 Å². The summed E-state index contributed by atoms with van der Waals surface area (Å²) in [5.74, 6) is 0.199. The maximum absolute atomic E-state index is 12.8. The van der Waals surface area contributed by atoms with Gasteiger partial charge in [0.2, 0.25) is 5.91 Å². The lowest BCUT2D eigenvalue weighted by Gasteiger charge is -2.33. The Morgan fingerprint density at radius 3 is 2.77 bits per heavy atom. The fraction of sp³-hybridized carbons (Fsp3) is 0.435. The Balaban J connectivity index is 1.32. The van der Waals surface area contributed by atoms with Crippen molar-refractivity contribution in [1.29, 1.82) is 0 Å². The molecule has 0 radical (unpaired) electrons. The minimum Gasteiger partial charge on any atom is -0.435 e. The molecule has 4 nitrogen and oxygen atoms in total. The van der Waals surface area contributed by atoms with E-state index in [1.54, 1.807) is 12.1 Å². The zero-order valence-corrected chi connectivity index (χ0v) is 18.3. The highest BCUT2D eigenvalue weighted by molar-refractivity contribution is 9.10. The number of rotatable bonds is 6. The van der Waals surface area contributed by atoms with Crippen LogP contribution in [0.3, 0.4) is 0 Å². The number of likely N-dealkylation sites (tertiary alicyclic amines) is 1. The molecule has 1 atom stereocenters. The van der Waals surface area contributed by atoms with Gasteiger partial charge >= 0.3 is 6.61 Å². The Kier molecular flexibility index (Phi) is 6.68. The predicted molar refractivity (Wildman–Crippen MR) is 115 cm³/mol. The lowest BCUT2D eigenvalue weighted by atomic mass is 9.98. The minimum absolute atomic E-state index is 0.0675. The third kappa shape index (κ3) is 5.01. The van der Waals surface area contributed by atoms with Crippen LogP contribution < -0.4 is 4.74 Å². The second-order valence-electron chi connectivity index (χ2n) is 7.90. The van der Waals surface area contributed by atoms with Crippen LogP contribution in [0.15, 0.2) is 46.9 Å². The second-order valence-corrected chi connectivity index (χ2v) is 8.82. The van der Waals surface area contributed by atoms with Crippen molar-refractivity contribution < 1.29 is 18.3 Å². The molecule has 1 amide bonds. The summed E-state index contributed by atoms with van der Waals surface area (Å²) in [4.78, 5) is 17.2. The normalized spacial score (nSPS) is 19.2. The van der Waals surface area contributed by atoms with Crippen LogP contribution >= 0.6 is 15.9 Å². The highest BCUT2D eigenvalue weighted by Crippen LogP contribution is 2.28. The summed E-state index contributed by atoms with van der Waals surface area (Å²) in [6.45, 7) is 0.570. The number of amides is 1. The molecule has 0 aliphatic carbocycles. The zero-order valence-electron chi connectivity index (χ0n) is 16.7. The molecular formula is C23H25BrF2N2O2. The van der Waals surface area contributed by atoms with Gasteiger partial charge in [-0.15, -0.1) is 0 Å². The van der Waals surface area contributed by atoms with E-state index < -0.39 is 6.61 Å². The summed E-state index contributed by atoms with van der Waals surface area (Å²) < 4.78 is 30.7. The summed E-state index contributed by atoms with van der Waals surface area (Å²) >= 11 is 3.36. The van der Waals surface area contributed by atoms with Crippen LogP contribution in [0.5, 0.6) is 5.75 Å². The third-order valence-electron chi connectivity index (χ3n) is 6.04. The van der Waals surface area contributed by atoms with E-state index in [1.807, 2.05) is 4.90 Å². The first-order valence-electron chi connectivity index (χ1n) is 10.3. The molecule has 7 heteroatoms. The van der Waals surface area contributed by atoms with Crippen molar-refractivity contribution in [3.05, 3.63) is 63.6 Å². The first-order chi connectivity index (χ1) is 14.5. The topological polar surface area (TPSA) is 32.8 Å². The first kappa shape index (κ1) is 21.2. The first-order valence-corrected chi connectivity index (χ1v) is 11.1. The highest BCUT2D eigenvalue weighted by atomic mass is 79.9. The molecule has 0 spiro atoms. The number of aryl methyl sites for hydroxylation is 1. The van der Waals surface area contributed by atoms with Gasteiger partial charge < -0.3 is 9.64 Å². The molecule has 0 bridgehead atoms. The van der Waals surface area contributed by atoms with Crippen LogP contribution in [0.4, 0.5) is 8.78 Å². The Labute approximate surface area is 183 Å². The third-order valence-corrected chi connectivity index (χ3v) is 6.53. The number of carbonyl (C=O) groups excluding carboxylic acids is 1. The van der Waals surface area contributed by atoms with E-state index in [4.69, 9.17) is 0 Å². The number of alkyl halides is 2. The van der Waals surface area contributed by atoms with Crippen molar-refractivity contribution >= 4 is 21.8 Å². The maximum Gasteiger partial charge on any atom is 0.387 e. The van der Waals surface area contributed by atoms with E-state index in [2.05, 4.69) is 49.8 Å². The largest absolute Gasteiger partial charge is 0.435 e. The minimum atomic E-state index is -2.88. The molecule has 2 heterocycles. The quantitative estimate of drug-likeness (QED) is 0.605. The van der Waals surface area contributed by atoms with Crippen LogP contribution in [0.1, 0.15) is 29.5 Å². The average Bonchev–Trinajstić information content (AvgIpc) is 3.23. The van der Waals surface area contributed by atoms with Gasteiger partial charge in [-0.05, 0) is 54.2 Å². The number of hydrogen-bond donors (Lipinski definition) is 0. The molecule has 0 saturated carbocycles. The van der Waals surface area contributed by atoms with Gasteiger partial charge in [0.05, 0.1) is 0 Å². The molecule has 4 rings (SSSR count). The molecule has 1 fully saturated rings. The maximum atomic E-state index is 12.8. The van der Waals surface area contributed by atoms with Gasteiger partial charge in [-0.25, -0.2) is 0 Å². The lowest BCUT2D eigenvalue weighted by molar-refractivity contribution is -0.130. The standard InChI is InChI=1S/C23H25BrF2N2O2/c24-19-6-7-21(30-23(25)26)17(13-19)5-8-22(29)28-12-10-20(15-28)27-11-9-16-3-1-2-4-18(16)14-27/h1-4,6-7,13,20,23H,5,8-12,14-15H2. The molecule has 1 unspecified atom stereocenters. The van der Waals surface area contributed by atoms with Gasteiger partial charge in [-0.1, -0.05) is 40.2 Å². The van der Waals surface area contributed by atoms with E-state index in [0.717, 1.165) is 43.5 Å². The van der Waals surface area contributed by atoms with Gasteiger partial charge in [-0.3, -0.25) is 9.69 Å². The van der Waals surface area contributed by atoms with Crippen molar-refractivity contribution in [2.45, 2.75) is 44.9 Å². The van der Waals surface area contributed by atoms with E-state index in [1.165, 1.54) is 17.2 Å². The highest BCUT2D eigenvalue weighted by Gasteiger charge is 2.31. The van der Waals surface area contributed by atoms with Gasteiger partial charge in [0.25, 0.3) is 0 Å². The Bertz CT molecular complexity index is 909. The van der Waals surface area contributed by atoms with Crippen molar-refractivity contribution in [2.24, 2.45) is 0 Å². The van der Waals surface area contributed by atoms with Crippen molar-refractivity contribution in [3.63, 3.8) is 0 Å². The fourth-order valence-corrected chi connectivity index (χ4v) is 4.86. The predicted octanol–water partition coefficient (Wildman–Crippen LogP) is 4.64. The number of hydrogen-bond acceptors (Lipinski definition) is 3. The van der Waals surface area contributed by atoms with Gasteiger partial charge in [0.1, 0.15) is 5.75 Å². The molecule has 2 aliphatic rings. The summed E-state index contributed by atoms with van der Waals surface area (Å²) in [5, 5.41) is 0. The zero-order chi connectivity index (χ0) is 21.1. The summed E-state index contributed by atoms with van der Waals surface area (Å²) in [6, 6.07) is 13.9. The molecule has 2 aromatic carbocycles. The summed E-state index contributed by atoms with van der Waals surface area (Å²) in [6.07, 6.45) is 2.69. The van der Waals surface area contributed by atoms with E-state index >= 15 is 0 Å².